The van der Waals surface area contributed by atoms with Crippen molar-refractivity contribution >= 4 is 27.3 Å². The number of aryl methyl sites for hydroxylation is 3. The summed E-state index contributed by atoms with van der Waals surface area (Å²) < 4.78 is 27.6. The molecular weight excluding hydrogens is 396 g/mol. The van der Waals surface area contributed by atoms with E-state index in [2.05, 4.69) is 29.1 Å². The minimum Gasteiger partial charge on any atom is -0.326 e. The standard InChI is InChI=1S/C24H26N2O3S/c1-3-19-6-8-20(9-7-19)10-17-24(27)25-21-13-15-23(16-14-21)30(28,29)26-22-11-4-18(2)5-12-22/h4-9,11-16,26H,3,10,17H2,1-2H3,(H,25,27). The van der Waals surface area contributed by atoms with Crippen LogP contribution in [0, 0.1) is 6.92 Å². The lowest BCUT2D eigenvalue weighted by Gasteiger charge is -2.10. The van der Waals surface area contributed by atoms with Gasteiger partial charge in [0.2, 0.25) is 5.91 Å². The molecule has 30 heavy (non-hydrogen) atoms. The zero-order valence-corrected chi connectivity index (χ0v) is 18.0. The highest BCUT2D eigenvalue weighted by Gasteiger charge is 2.14. The largest absolute Gasteiger partial charge is 0.326 e. The molecule has 0 aliphatic heterocycles. The van der Waals surface area contributed by atoms with Crippen molar-refractivity contribution < 1.29 is 13.2 Å². The number of sulfonamides is 1. The van der Waals surface area contributed by atoms with Crippen molar-refractivity contribution in [2.75, 3.05) is 10.0 Å². The molecule has 0 atom stereocenters. The van der Waals surface area contributed by atoms with Gasteiger partial charge in [-0.3, -0.25) is 9.52 Å². The van der Waals surface area contributed by atoms with Crippen LogP contribution in [0.15, 0.2) is 77.7 Å². The van der Waals surface area contributed by atoms with E-state index in [1.165, 1.54) is 17.7 Å². The van der Waals surface area contributed by atoms with Crippen LogP contribution in [-0.2, 0) is 27.7 Å². The van der Waals surface area contributed by atoms with Gasteiger partial charge in [-0.25, -0.2) is 8.42 Å². The highest BCUT2D eigenvalue weighted by molar-refractivity contribution is 7.92. The molecule has 0 fully saturated rings. The van der Waals surface area contributed by atoms with Crippen molar-refractivity contribution in [2.45, 2.75) is 38.0 Å². The van der Waals surface area contributed by atoms with Gasteiger partial charge < -0.3 is 5.32 Å². The molecule has 0 unspecified atom stereocenters. The van der Waals surface area contributed by atoms with Gasteiger partial charge in [-0.05, 0) is 67.3 Å². The Hall–Kier alpha value is -3.12. The third-order valence-electron chi connectivity index (χ3n) is 4.82. The second-order valence-corrected chi connectivity index (χ2v) is 8.90. The Bertz CT molecular complexity index is 1090. The van der Waals surface area contributed by atoms with Gasteiger partial charge in [0.05, 0.1) is 4.90 Å². The Labute approximate surface area is 178 Å². The van der Waals surface area contributed by atoms with Gasteiger partial charge >= 0.3 is 0 Å². The molecule has 0 aromatic heterocycles. The highest BCUT2D eigenvalue weighted by atomic mass is 32.2. The zero-order valence-electron chi connectivity index (χ0n) is 17.2. The molecule has 156 valence electrons. The van der Waals surface area contributed by atoms with Crippen LogP contribution in [0.3, 0.4) is 0 Å². The maximum atomic E-state index is 12.5. The maximum absolute atomic E-state index is 12.5. The predicted molar refractivity (Wildman–Crippen MR) is 121 cm³/mol. The van der Waals surface area contributed by atoms with E-state index < -0.39 is 10.0 Å². The average Bonchev–Trinajstić information content (AvgIpc) is 2.74. The third-order valence-corrected chi connectivity index (χ3v) is 6.22. The van der Waals surface area contributed by atoms with E-state index in [9.17, 15) is 13.2 Å². The van der Waals surface area contributed by atoms with Crippen LogP contribution in [0.25, 0.3) is 0 Å². The lowest BCUT2D eigenvalue weighted by atomic mass is 10.1. The number of rotatable bonds is 8. The third kappa shape index (κ3) is 5.94. The first-order chi connectivity index (χ1) is 14.4. The van der Waals surface area contributed by atoms with Gasteiger partial charge in [-0.15, -0.1) is 0 Å². The molecule has 3 rings (SSSR count). The molecule has 0 aliphatic carbocycles. The van der Waals surface area contributed by atoms with E-state index in [-0.39, 0.29) is 10.8 Å². The molecule has 5 nitrogen and oxygen atoms in total. The summed E-state index contributed by atoms with van der Waals surface area (Å²) in [7, 11) is -3.69. The Balaban J connectivity index is 1.56. The lowest BCUT2D eigenvalue weighted by molar-refractivity contribution is -0.116. The second kappa shape index (κ2) is 9.59. The fourth-order valence-electron chi connectivity index (χ4n) is 2.98. The maximum Gasteiger partial charge on any atom is 0.261 e. The molecule has 0 saturated heterocycles. The summed E-state index contributed by atoms with van der Waals surface area (Å²) in [5, 5.41) is 2.82. The highest BCUT2D eigenvalue weighted by Crippen LogP contribution is 2.19. The molecule has 0 saturated carbocycles. The van der Waals surface area contributed by atoms with Crippen molar-refractivity contribution in [3.8, 4) is 0 Å². The van der Waals surface area contributed by atoms with Gasteiger partial charge in [0, 0.05) is 17.8 Å². The number of anilines is 2. The van der Waals surface area contributed by atoms with Gasteiger partial charge in [0.25, 0.3) is 10.0 Å². The summed E-state index contributed by atoms with van der Waals surface area (Å²) in [6, 6.07) is 21.5. The van der Waals surface area contributed by atoms with Gasteiger partial charge in [0.15, 0.2) is 0 Å². The molecule has 3 aromatic rings. The van der Waals surface area contributed by atoms with Gasteiger partial charge in [0.1, 0.15) is 0 Å². The summed E-state index contributed by atoms with van der Waals surface area (Å²) in [5.41, 5.74) is 4.51. The minimum absolute atomic E-state index is 0.108. The Morgan fingerprint density at radius 3 is 1.97 bits per heavy atom. The number of hydrogen-bond donors (Lipinski definition) is 2. The summed E-state index contributed by atoms with van der Waals surface area (Å²) in [4.78, 5) is 12.4. The predicted octanol–water partition coefficient (Wildman–Crippen LogP) is 4.93. The zero-order chi connectivity index (χ0) is 21.6. The monoisotopic (exact) mass is 422 g/mol. The molecule has 0 bridgehead atoms. The molecule has 0 heterocycles. The summed E-state index contributed by atoms with van der Waals surface area (Å²) in [6.07, 6.45) is 2.01. The number of amides is 1. The Kier molecular flexibility index (Phi) is 6.90. The van der Waals surface area contributed by atoms with Crippen molar-refractivity contribution in [3.63, 3.8) is 0 Å². The van der Waals surface area contributed by atoms with Crippen LogP contribution in [0.4, 0.5) is 11.4 Å². The normalized spacial score (nSPS) is 11.1. The van der Waals surface area contributed by atoms with E-state index in [0.717, 1.165) is 17.5 Å². The van der Waals surface area contributed by atoms with Gasteiger partial charge in [-0.2, -0.15) is 0 Å². The number of nitrogens with one attached hydrogen (secondary N) is 2. The van der Waals surface area contributed by atoms with E-state index in [1.807, 2.05) is 31.2 Å². The summed E-state index contributed by atoms with van der Waals surface area (Å²) >= 11 is 0. The fourth-order valence-corrected chi connectivity index (χ4v) is 4.03. The fraction of sp³-hybridized carbons (Fsp3) is 0.208. The molecule has 0 radical (unpaired) electrons. The molecule has 0 aliphatic rings. The molecule has 0 spiro atoms. The molecular formula is C24H26N2O3S. The quantitative estimate of drug-likeness (QED) is 0.540. The molecule has 3 aromatic carbocycles. The van der Waals surface area contributed by atoms with Crippen LogP contribution in [0.2, 0.25) is 0 Å². The molecule has 1 amide bonds. The Morgan fingerprint density at radius 2 is 1.37 bits per heavy atom. The topological polar surface area (TPSA) is 75.3 Å². The SMILES string of the molecule is CCc1ccc(CCC(=O)Nc2ccc(S(=O)(=O)Nc3ccc(C)cc3)cc2)cc1. The average molecular weight is 423 g/mol. The minimum atomic E-state index is -3.69. The second-order valence-electron chi connectivity index (χ2n) is 7.21. The summed E-state index contributed by atoms with van der Waals surface area (Å²) in [6.45, 7) is 4.05. The number of carbonyl (C=O) groups is 1. The van der Waals surface area contributed by atoms with Crippen LogP contribution < -0.4 is 10.0 Å². The first kappa shape index (κ1) is 21.6. The number of hydrogen-bond acceptors (Lipinski definition) is 3. The van der Waals surface area contributed by atoms with Crippen molar-refractivity contribution in [2.24, 2.45) is 0 Å². The van der Waals surface area contributed by atoms with E-state index in [4.69, 9.17) is 0 Å². The van der Waals surface area contributed by atoms with Gasteiger partial charge in [-0.1, -0.05) is 48.9 Å². The van der Waals surface area contributed by atoms with Crippen LogP contribution in [0.5, 0.6) is 0 Å². The van der Waals surface area contributed by atoms with Crippen molar-refractivity contribution in [3.05, 3.63) is 89.5 Å². The summed E-state index contributed by atoms with van der Waals surface area (Å²) in [5.74, 6) is -0.108. The van der Waals surface area contributed by atoms with Crippen LogP contribution >= 0.6 is 0 Å². The number of carbonyl (C=O) groups excluding carboxylic acids is 1. The molecule has 6 heteroatoms. The van der Waals surface area contributed by atoms with Crippen LogP contribution in [0.1, 0.15) is 30.0 Å². The smallest absolute Gasteiger partial charge is 0.261 e. The first-order valence-electron chi connectivity index (χ1n) is 9.93. The van der Waals surface area contributed by atoms with E-state index >= 15 is 0 Å². The van der Waals surface area contributed by atoms with E-state index in [1.54, 1.807) is 24.3 Å². The molecule has 2 N–H and O–H groups in total. The first-order valence-corrected chi connectivity index (χ1v) is 11.4. The van der Waals surface area contributed by atoms with Crippen molar-refractivity contribution in [1.82, 2.24) is 0 Å². The van der Waals surface area contributed by atoms with Crippen LogP contribution in [-0.4, -0.2) is 14.3 Å². The Morgan fingerprint density at radius 1 is 0.800 bits per heavy atom. The lowest BCUT2D eigenvalue weighted by Crippen LogP contribution is -2.14. The van der Waals surface area contributed by atoms with E-state index in [0.29, 0.717) is 24.2 Å². The van der Waals surface area contributed by atoms with Crippen molar-refractivity contribution in [1.29, 1.82) is 0 Å². The number of benzene rings is 3.